The van der Waals surface area contributed by atoms with Gasteiger partial charge in [0.15, 0.2) is 0 Å². The van der Waals surface area contributed by atoms with Crippen molar-refractivity contribution in [1.82, 2.24) is 24.5 Å². The van der Waals surface area contributed by atoms with Gasteiger partial charge < -0.3 is 10.2 Å². The van der Waals surface area contributed by atoms with Crippen molar-refractivity contribution < 1.29 is 0 Å². The molecule has 2 aromatic heterocycles. The van der Waals surface area contributed by atoms with Gasteiger partial charge in [0.05, 0.1) is 0 Å². The Kier molecular flexibility index (Phi) is 4.09. The molecule has 0 spiro atoms. The van der Waals surface area contributed by atoms with Crippen LogP contribution in [0.15, 0.2) is 12.4 Å². The maximum atomic E-state index is 4.31. The molecule has 2 rings (SSSR count). The first kappa shape index (κ1) is 12.8. The topological polar surface area (TPSA) is 58.3 Å². The average Bonchev–Trinajstić information content (AvgIpc) is 2.82. The van der Waals surface area contributed by atoms with E-state index in [1.807, 2.05) is 13.0 Å². The van der Waals surface area contributed by atoms with Gasteiger partial charge in [0.1, 0.15) is 12.1 Å². The molecule has 0 saturated carbocycles. The molecule has 2 heterocycles. The number of aromatic nitrogens is 4. The Bertz CT molecular complexity index is 502. The highest BCUT2D eigenvalue weighted by atomic mass is 15.4. The van der Waals surface area contributed by atoms with Crippen LogP contribution < -0.4 is 5.32 Å². The molecule has 2 aromatic rings. The van der Waals surface area contributed by atoms with E-state index in [4.69, 9.17) is 0 Å². The molecule has 0 radical (unpaired) electrons. The summed E-state index contributed by atoms with van der Waals surface area (Å²) in [5.41, 5.74) is 0.945. The molecule has 6 nitrogen and oxygen atoms in total. The summed E-state index contributed by atoms with van der Waals surface area (Å²) in [6.45, 7) is 10.4. The van der Waals surface area contributed by atoms with Crippen LogP contribution in [-0.4, -0.2) is 50.7 Å². The van der Waals surface area contributed by atoms with E-state index in [-0.39, 0.29) is 0 Å². The lowest BCUT2D eigenvalue weighted by atomic mass is 10.4. The second-order valence-corrected chi connectivity index (χ2v) is 4.21. The number of anilines is 1. The number of nitrogens with zero attached hydrogens (tertiary/aromatic N) is 5. The van der Waals surface area contributed by atoms with Crippen LogP contribution in [0, 0.1) is 6.92 Å². The molecule has 0 saturated heterocycles. The van der Waals surface area contributed by atoms with Crippen LogP contribution in [0.3, 0.4) is 0 Å². The lowest BCUT2D eigenvalue weighted by Gasteiger charge is -2.18. The number of fused-ring (bicyclic) bond motifs is 1. The van der Waals surface area contributed by atoms with Gasteiger partial charge in [-0.1, -0.05) is 13.8 Å². The van der Waals surface area contributed by atoms with Gasteiger partial charge in [-0.3, -0.25) is 0 Å². The summed E-state index contributed by atoms with van der Waals surface area (Å²) >= 11 is 0. The number of hydrogen-bond donors (Lipinski definition) is 1. The van der Waals surface area contributed by atoms with Gasteiger partial charge in [-0.05, 0) is 20.0 Å². The van der Waals surface area contributed by atoms with Gasteiger partial charge in [-0.2, -0.15) is 14.6 Å². The van der Waals surface area contributed by atoms with Crippen molar-refractivity contribution in [3.63, 3.8) is 0 Å². The SMILES string of the molecule is CCN(CC)CCNc1cc(C)nc2ncnn12. The van der Waals surface area contributed by atoms with Crippen LogP contribution in [-0.2, 0) is 0 Å². The third kappa shape index (κ3) is 2.76. The molecular formula is C12H20N6. The highest BCUT2D eigenvalue weighted by molar-refractivity contribution is 5.44. The fourth-order valence-electron chi connectivity index (χ4n) is 1.94. The summed E-state index contributed by atoms with van der Waals surface area (Å²) in [6, 6.07) is 1.99. The summed E-state index contributed by atoms with van der Waals surface area (Å²) in [4.78, 5) is 10.8. The van der Waals surface area contributed by atoms with Crippen molar-refractivity contribution in [2.75, 3.05) is 31.5 Å². The molecule has 98 valence electrons. The Hall–Kier alpha value is -1.69. The minimum atomic E-state index is 0.639. The lowest BCUT2D eigenvalue weighted by Crippen LogP contribution is -2.29. The fourth-order valence-corrected chi connectivity index (χ4v) is 1.94. The molecule has 0 unspecified atom stereocenters. The van der Waals surface area contributed by atoms with Gasteiger partial charge in [0, 0.05) is 24.8 Å². The zero-order valence-electron chi connectivity index (χ0n) is 11.2. The fraction of sp³-hybridized carbons (Fsp3) is 0.583. The Balaban J connectivity index is 2.05. The van der Waals surface area contributed by atoms with E-state index in [1.54, 1.807) is 4.52 Å². The first-order valence-electron chi connectivity index (χ1n) is 6.38. The van der Waals surface area contributed by atoms with Gasteiger partial charge in [-0.15, -0.1) is 0 Å². The molecule has 0 aromatic carbocycles. The quantitative estimate of drug-likeness (QED) is 0.832. The molecule has 1 N–H and O–H groups in total. The van der Waals surface area contributed by atoms with Crippen molar-refractivity contribution in [3.05, 3.63) is 18.1 Å². The lowest BCUT2D eigenvalue weighted by molar-refractivity contribution is 0.316. The van der Waals surface area contributed by atoms with E-state index in [0.717, 1.165) is 37.7 Å². The van der Waals surface area contributed by atoms with Gasteiger partial charge in [0.2, 0.25) is 0 Å². The predicted octanol–water partition coefficient (Wildman–Crippen LogP) is 1.19. The van der Waals surface area contributed by atoms with Crippen LogP contribution in [0.25, 0.3) is 5.78 Å². The van der Waals surface area contributed by atoms with E-state index in [2.05, 4.69) is 39.1 Å². The minimum Gasteiger partial charge on any atom is -0.369 e. The molecule has 18 heavy (non-hydrogen) atoms. The number of likely N-dealkylation sites (N-methyl/N-ethyl adjacent to an activating group) is 1. The molecule has 0 aliphatic rings. The second kappa shape index (κ2) is 5.77. The zero-order valence-corrected chi connectivity index (χ0v) is 11.2. The highest BCUT2D eigenvalue weighted by Crippen LogP contribution is 2.09. The second-order valence-electron chi connectivity index (χ2n) is 4.21. The van der Waals surface area contributed by atoms with E-state index in [1.165, 1.54) is 6.33 Å². The largest absolute Gasteiger partial charge is 0.369 e. The first-order chi connectivity index (χ1) is 8.74. The summed E-state index contributed by atoms with van der Waals surface area (Å²) in [7, 11) is 0. The smallest absolute Gasteiger partial charge is 0.254 e. The van der Waals surface area contributed by atoms with Crippen LogP contribution in [0.5, 0.6) is 0 Å². The van der Waals surface area contributed by atoms with Crippen LogP contribution >= 0.6 is 0 Å². The summed E-state index contributed by atoms with van der Waals surface area (Å²) in [5.74, 6) is 1.59. The third-order valence-electron chi connectivity index (χ3n) is 3.01. The summed E-state index contributed by atoms with van der Waals surface area (Å²) in [6.07, 6.45) is 1.53. The standard InChI is InChI=1S/C12H20N6/c1-4-17(5-2)7-6-13-11-8-10(3)16-12-14-9-15-18(11)12/h8-9,13H,4-7H2,1-3H3. The maximum absolute atomic E-state index is 4.31. The predicted molar refractivity (Wildman–Crippen MR) is 71.8 cm³/mol. The van der Waals surface area contributed by atoms with Crippen molar-refractivity contribution in [2.24, 2.45) is 0 Å². The van der Waals surface area contributed by atoms with Gasteiger partial charge >= 0.3 is 0 Å². The highest BCUT2D eigenvalue weighted by Gasteiger charge is 2.05. The molecule has 0 bridgehead atoms. The number of aryl methyl sites for hydroxylation is 1. The number of nitrogens with one attached hydrogen (secondary N) is 1. The van der Waals surface area contributed by atoms with Crippen molar-refractivity contribution in [2.45, 2.75) is 20.8 Å². The van der Waals surface area contributed by atoms with Crippen molar-refractivity contribution in [3.8, 4) is 0 Å². The maximum Gasteiger partial charge on any atom is 0.254 e. The number of rotatable bonds is 6. The third-order valence-corrected chi connectivity index (χ3v) is 3.01. The van der Waals surface area contributed by atoms with Gasteiger partial charge in [-0.25, -0.2) is 4.98 Å². The summed E-state index contributed by atoms with van der Waals surface area (Å²) in [5, 5.41) is 7.56. The Labute approximate surface area is 107 Å². The Morgan fingerprint density at radius 3 is 2.83 bits per heavy atom. The number of hydrogen-bond acceptors (Lipinski definition) is 5. The molecule has 0 amide bonds. The average molecular weight is 248 g/mol. The van der Waals surface area contributed by atoms with Crippen LogP contribution in [0.2, 0.25) is 0 Å². The molecule has 6 heteroatoms. The Morgan fingerprint density at radius 1 is 1.33 bits per heavy atom. The minimum absolute atomic E-state index is 0.639. The monoisotopic (exact) mass is 248 g/mol. The molecule has 0 aliphatic carbocycles. The first-order valence-corrected chi connectivity index (χ1v) is 6.38. The molecule has 0 fully saturated rings. The Morgan fingerprint density at radius 2 is 2.11 bits per heavy atom. The van der Waals surface area contributed by atoms with E-state index in [0.29, 0.717) is 5.78 Å². The van der Waals surface area contributed by atoms with Crippen molar-refractivity contribution in [1.29, 1.82) is 0 Å². The normalized spacial score (nSPS) is 11.3. The van der Waals surface area contributed by atoms with Crippen molar-refractivity contribution >= 4 is 11.6 Å². The van der Waals surface area contributed by atoms with Gasteiger partial charge in [0.25, 0.3) is 5.78 Å². The van der Waals surface area contributed by atoms with E-state index >= 15 is 0 Å². The summed E-state index contributed by atoms with van der Waals surface area (Å²) < 4.78 is 1.73. The molecule has 0 aliphatic heterocycles. The van der Waals surface area contributed by atoms with Crippen LogP contribution in [0.1, 0.15) is 19.5 Å². The zero-order chi connectivity index (χ0) is 13.0. The van der Waals surface area contributed by atoms with E-state index < -0.39 is 0 Å². The van der Waals surface area contributed by atoms with E-state index in [9.17, 15) is 0 Å². The molecular weight excluding hydrogens is 228 g/mol. The van der Waals surface area contributed by atoms with Crippen LogP contribution in [0.4, 0.5) is 5.82 Å². The molecule has 0 atom stereocenters.